The standard InChI is InChI=1S/C14H23NO3S/c1-11(19(4)16)8-9-15-10-12-6-5-7-13(17-2)14(12)18-3/h5-7,11,15H,8-10H2,1-4H3. The smallest absolute Gasteiger partial charge is 0.165 e. The van der Waals surface area contributed by atoms with Crippen molar-refractivity contribution in [1.29, 1.82) is 0 Å². The minimum atomic E-state index is -0.754. The molecule has 0 amide bonds. The Morgan fingerprint density at radius 2 is 2.05 bits per heavy atom. The summed E-state index contributed by atoms with van der Waals surface area (Å²) in [4.78, 5) is 0. The van der Waals surface area contributed by atoms with E-state index in [9.17, 15) is 4.21 Å². The van der Waals surface area contributed by atoms with Crippen LogP contribution in [0.4, 0.5) is 0 Å². The number of rotatable bonds is 8. The van der Waals surface area contributed by atoms with E-state index in [0.29, 0.717) is 6.54 Å². The second-order valence-corrected chi connectivity index (χ2v) is 6.23. The molecule has 19 heavy (non-hydrogen) atoms. The molecule has 0 aliphatic rings. The molecule has 0 bridgehead atoms. The van der Waals surface area contributed by atoms with Gasteiger partial charge in [0.2, 0.25) is 0 Å². The normalized spacial score (nSPS) is 13.9. The van der Waals surface area contributed by atoms with E-state index in [0.717, 1.165) is 30.0 Å². The van der Waals surface area contributed by atoms with Gasteiger partial charge in [-0.1, -0.05) is 19.1 Å². The van der Waals surface area contributed by atoms with Crippen molar-refractivity contribution >= 4 is 10.8 Å². The van der Waals surface area contributed by atoms with Gasteiger partial charge in [-0.2, -0.15) is 0 Å². The lowest BCUT2D eigenvalue weighted by molar-refractivity contribution is 0.350. The molecule has 0 aliphatic heterocycles. The maximum absolute atomic E-state index is 11.2. The average Bonchev–Trinajstić information content (AvgIpc) is 2.42. The van der Waals surface area contributed by atoms with Crippen LogP contribution in [0.3, 0.4) is 0 Å². The third-order valence-corrected chi connectivity index (χ3v) is 4.46. The molecule has 1 aromatic carbocycles. The van der Waals surface area contributed by atoms with Gasteiger partial charge in [-0.15, -0.1) is 0 Å². The summed E-state index contributed by atoms with van der Waals surface area (Å²) in [6.07, 6.45) is 2.64. The van der Waals surface area contributed by atoms with Crippen molar-refractivity contribution in [1.82, 2.24) is 5.32 Å². The number of methoxy groups -OCH3 is 2. The van der Waals surface area contributed by atoms with Crippen molar-refractivity contribution in [3.63, 3.8) is 0 Å². The van der Waals surface area contributed by atoms with Gasteiger partial charge in [-0.05, 0) is 19.0 Å². The van der Waals surface area contributed by atoms with E-state index >= 15 is 0 Å². The van der Waals surface area contributed by atoms with Crippen LogP contribution in [0.5, 0.6) is 11.5 Å². The van der Waals surface area contributed by atoms with Gasteiger partial charge < -0.3 is 14.8 Å². The van der Waals surface area contributed by atoms with Crippen molar-refractivity contribution < 1.29 is 13.7 Å². The Hall–Kier alpha value is -1.07. The summed E-state index contributed by atoms with van der Waals surface area (Å²) < 4.78 is 21.9. The lowest BCUT2D eigenvalue weighted by atomic mass is 10.2. The molecule has 0 aromatic heterocycles. The maximum Gasteiger partial charge on any atom is 0.165 e. The molecule has 0 spiro atoms. The SMILES string of the molecule is COc1cccc(CNCCC(C)S(C)=O)c1OC. The first kappa shape index (κ1) is 16.0. The van der Waals surface area contributed by atoms with Gasteiger partial charge in [-0.3, -0.25) is 4.21 Å². The van der Waals surface area contributed by atoms with Crippen LogP contribution in [0.15, 0.2) is 18.2 Å². The van der Waals surface area contributed by atoms with Crippen LogP contribution in [0.1, 0.15) is 18.9 Å². The highest BCUT2D eigenvalue weighted by Gasteiger charge is 2.09. The molecule has 5 heteroatoms. The monoisotopic (exact) mass is 285 g/mol. The van der Waals surface area contributed by atoms with E-state index in [1.54, 1.807) is 20.5 Å². The topological polar surface area (TPSA) is 47.6 Å². The Morgan fingerprint density at radius 1 is 1.32 bits per heavy atom. The second kappa shape index (κ2) is 8.17. The largest absolute Gasteiger partial charge is 0.493 e. The molecule has 0 aliphatic carbocycles. The number of benzene rings is 1. The molecule has 0 saturated carbocycles. The Bertz CT molecular complexity index is 423. The van der Waals surface area contributed by atoms with Gasteiger partial charge in [0, 0.05) is 34.4 Å². The molecule has 4 nitrogen and oxygen atoms in total. The molecular formula is C14H23NO3S. The predicted molar refractivity (Wildman–Crippen MR) is 79.4 cm³/mol. The van der Waals surface area contributed by atoms with Crippen molar-refractivity contribution in [3.05, 3.63) is 23.8 Å². The lowest BCUT2D eigenvalue weighted by Crippen LogP contribution is -2.21. The predicted octanol–water partition coefficient (Wildman–Crippen LogP) is 1.95. The zero-order valence-corrected chi connectivity index (χ0v) is 12.9. The van der Waals surface area contributed by atoms with E-state index in [-0.39, 0.29) is 5.25 Å². The molecule has 1 N–H and O–H groups in total. The maximum atomic E-state index is 11.2. The van der Waals surface area contributed by atoms with Gasteiger partial charge >= 0.3 is 0 Å². The summed E-state index contributed by atoms with van der Waals surface area (Å²) >= 11 is 0. The fraction of sp³-hybridized carbons (Fsp3) is 0.571. The van der Waals surface area contributed by atoms with Crippen LogP contribution >= 0.6 is 0 Å². The zero-order chi connectivity index (χ0) is 14.3. The van der Waals surface area contributed by atoms with Gasteiger partial charge in [0.15, 0.2) is 11.5 Å². The second-order valence-electron chi connectivity index (χ2n) is 4.43. The first-order chi connectivity index (χ1) is 9.10. The fourth-order valence-electron chi connectivity index (χ4n) is 1.79. The Kier molecular flexibility index (Phi) is 6.87. The molecule has 0 heterocycles. The highest BCUT2D eigenvalue weighted by Crippen LogP contribution is 2.30. The molecule has 0 radical (unpaired) electrons. The van der Waals surface area contributed by atoms with Crippen LogP contribution < -0.4 is 14.8 Å². The summed E-state index contributed by atoms with van der Waals surface area (Å²) in [7, 11) is 2.52. The molecular weight excluding hydrogens is 262 g/mol. The first-order valence-electron chi connectivity index (χ1n) is 6.33. The fourth-order valence-corrected chi connectivity index (χ4v) is 2.24. The molecule has 2 unspecified atom stereocenters. The third-order valence-electron chi connectivity index (χ3n) is 3.09. The minimum absolute atomic E-state index is 0.222. The van der Waals surface area contributed by atoms with Crippen LogP contribution in [0.2, 0.25) is 0 Å². The lowest BCUT2D eigenvalue weighted by Gasteiger charge is -2.14. The van der Waals surface area contributed by atoms with E-state index < -0.39 is 10.8 Å². The number of ether oxygens (including phenoxy) is 2. The summed E-state index contributed by atoms with van der Waals surface area (Å²) in [6, 6.07) is 5.84. The molecule has 0 fully saturated rings. The molecule has 0 saturated heterocycles. The molecule has 2 atom stereocenters. The van der Waals surface area contributed by atoms with Crippen molar-refractivity contribution in [3.8, 4) is 11.5 Å². The van der Waals surface area contributed by atoms with E-state index in [1.807, 2.05) is 25.1 Å². The summed E-state index contributed by atoms with van der Waals surface area (Å²) in [5, 5.41) is 3.57. The van der Waals surface area contributed by atoms with Gasteiger partial charge in [0.25, 0.3) is 0 Å². The number of para-hydroxylation sites is 1. The molecule has 108 valence electrons. The average molecular weight is 285 g/mol. The highest BCUT2D eigenvalue weighted by molar-refractivity contribution is 7.84. The summed E-state index contributed by atoms with van der Waals surface area (Å²) in [5.41, 5.74) is 1.06. The summed E-state index contributed by atoms with van der Waals surface area (Å²) in [5.74, 6) is 1.51. The van der Waals surface area contributed by atoms with Gasteiger partial charge in [0.05, 0.1) is 14.2 Å². The van der Waals surface area contributed by atoms with Crippen LogP contribution in [0, 0.1) is 0 Å². The quantitative estimate of drug-likeness (QED) is 0.742. The van der Waals surface area contributed by atoms with Crippen LogP contribution in [-0.2, 0) is 17.3 Å². The highest BCUT2D eigenvalue weighted by atomic mass is 32.2. The molecule has 1 rings (SSSR count). The van der Waals surface area contributed by atoms with Crippen molar-refractivity contribution in [2.24, 2.45) is 0 Å². The minimum Gasteiger partial charge on any atom is -0.493 e. The first-order valence-corrected chi connectivity index (χ1v) is 7.95. The van der Waals surface area contributed by atoms with Crippen LogP contribution in [-0.4, -0.2) is 36.5 Å². The van der Waals surface area contributed by atoms with Gasteiger partial charge in [0.1, 0.15) is 0 Å². The summed E-state index contributed by atoms with van der Waals surface area (Å²) in [6.45, 7) is 3.55. The van der Waals surface area contributed by atoms with E-state index in [1.165, 1.54) is 0 Å². The third kappa shape index (κ3) is 4.84. The number of hydrogen-bond acceptors (Lipinski definition) is 4. The molecule has 1 aromatic rings. The zero-order valence-electron chi connectivity index (χ0n) is 12.1. The Morgan fingerprint density at radius 3 is 2.63 bits per heavy atom. The van der Waals surface area contributed by atoms with Crippen molar-refractivity contribution in [2.75, 3.05) is 27.0 Å². The number of nitrogens with one attached hydrogen (secondary N) is 1. The van der Waals surface area contributed by atoms with Gasteiger partial charge in [-0.25, -0.2) is 0 Å². The Balaban J connectivity index is 2.51. The van der Waals surface area contributed by atoms with E-state index in [4.69, 9.17) is 9.47 Å². The number of hydrogen-bond donors (Lipinski definition) is 1. The Labute approximate surface area is 118 Å². The van der Waals surface area contributed by atoms with E-state index in [2.05, 4.69) is 5.32 Å². The van der Waals surface area contributed by atoms with Crippen molar-refractivity contribution in [2.45, 2.75) is 25.1 Å². The van der Waals surface area contributed by atoms with Crippen LogP contribution in [0.25, 0.3) is 0 Å².